The van der Waals surface area contributed by atoms with Gasteiger partial charge in [-0.05, 0) is 55.8 Å². The summed E-state index contributed by atoms with van der Waals surface area (Å²) < 4.78 is 0. The van der Waals surface area contributed by atoms with Crippen LogP contribution in [0.5, 0.6) is 0 Å². The van der Waals surface area contributed by atoms with Crippen LogP contribution in [0.1, 0.15) is 45.4 Å². The number of anilines is 1. The molecule has 4 bridgehead atoms. The van der Waals surface area contributed by atoms with Crippen molar-refractivity contribution < 1.29 is 4.79 Å². The highest BCUT2D eigenvalue weighted by molar-refractivity contribution is 5.94. The fraction of sp³-hybridized carbons (Fsp3) is 0.786. The van der Waals surface area contributed by atoms with E-state index in [1.54, 1.807) is 0 Å². The third-order valence-corrected chi connectivity index (χ3v) is 5.48. The van der Waals surface area contributed by atoms with E-state index in [-0.39, 0.29) is 11.3 Å². The van der Waals surface area contributed by atoms with Gasteiger partial charge in [-0.1, -0.05) is 6.92 Å². The lowest BCUT2D eigenvalue weighted by atomic mass is 9.44. The standard InChI is InChI=1S/C14H20N4O/c1-13-3-9-2-10(4-13)6-14(5-9,7-13)11(19)17-12-15-8-16-18-12/h8-10H,2-7H2,1H3,(H2,15,16,17,18,19). The summed E-state index contributed by atoms with van der Waals surface area (Å²) in [5.74, 6) is 2.15. The van der Waals surface area contributed by atoms with Gasteiger partial charge in [0.05, 0.1) is 5.41 Å². The molecule has 5 nitrogen and oxygen atoms in total. The fourth-order valence-corrected chi connectivity index (χ4v) is 5.49. The van der Waals surface area contributed by atoms with Crippen LogP contribution in [0.2, 0.25) is 0 Å². The summed E-state index contributed by atoms with van der Waals surface area (Å²) in [6.45, 7) is 2.38. The summed E-state index contributed by atoms with van der Waals surface area (Å²) in [5.41, 5.74) is 0.245. The summed E-state index contributed by atoms with van der Waals surface area (Å²) in [4.78, 5) is 16.7. The van der Waals surface area contributed by atoms with E-state index >= 15 is 0 Å². The first-order chi connectivity index (χ1) is 9.07. The predicted molar refractivity (Wildman–Crippen MR) is 70.2 cm³/mol. The van der Waals surface area contributed by atoms with Crippen molar-refractivity contribution in [3.8, 4) is 0 Å². The average Bonchev–Trinajstić information content (AvgIpc) is 2.78. The Kier molecular flexibility index (Phi) is 2.16. The molecule has 4 aliphatic rings. The molecule has 19 heavy (non-hydrogen) atoms. The lowest BCUT2D eigenvalue weighted by molar-refractivity contribution is -0.149. The maximum atomic E-state index is 12.7. The normalized spacial score (nSPS) is 43.4. The van der Waals surface area contributed by atoms with Crippen LogP contribution < -0.4 is 5.32 Å². The zero-order chi connectivity index (χ0) is 13.1. The molecule has 0 spiro atoms. The first-order valence-corrected chi connectivity index (χ1v) is 7.24. The quantitative estimate of drug-likeness (QED) is 0.857. The minimum atomic E-state index is -0.147. The van der Waals surface area contributed by atoms with E-state index in [4.69, 9.17) is 0 Å². The lowest BCUT2D eigenvalue weighted by Crippen LogP contribution is -2.55. The highest BCUT2D eigenvalue weighted by Crippen LogP contribution is 2.65. The number of aromatic amines is 1. The molecule has 4 fully saturated rings. The minimum Gasteiger partial charge on any atom is -0.294 e. The molecule has 0 aliphatic heterocycles. The van der Waals surface area contributed by atoms with Crippen LogP contribution in [0.4, 0.5) is 5.95 Å². The number of H-pyrrole nitrogens is 1. The van der Waals surface area contributed by atoms with Gasteiger partial charge in [0.25, 0.3) is 0 Å². The minimum absolute atomic E-state index is 0.147. The topological polar surface area (TPSA) is 70.7 Å². The molecule has 5 heteroatoms. The van der Waals surface area contributed by atoms with E-state index in [0.717, 1.165) is 31.1 Å². The Morgan fingerprint density at radius 1 is 1.37 bits per heavy atom. The second kappa shape index (κ2) is 3.58. The van der Waals surface area contributed by atoms with Crippen molar-refractivity contribution in [2.75, 3.05) is 5.32 Å². The van der Waals surface area contributed by atoms with Crippen LogP contribution in [0.3, 0.4) is 0 Å². The van der Waals surface area contributed by atoms with Gasteiger partial charge in [-0.25, -0.2) is 5.10 Å². The van der Waals surface area contributed by atoms with Gasteiger partial charge in [0.2, 0.25) is 11.9 Å². The first kappa shape index (κ1) is 11.4. The second-order valence-electron chi connectivity index (χ2n) is 7.34. The van der Waals surface area contributed by atoms with Crippen molar-refractivity contribution in [1.29, 1.82) is 0 Å². The molecule has 0 aromatic carbocycles. The van der Waals surface area contributed by atoms with Crippen molar-refractivity contribution >= 4 is 11.9 Å². The number of amides is 1. The molecule has 4 saturated carbocycles. The highest BCUT2D eigenvalue weighted by Gasteiger charge is 2.58. The van der Waals surface area contributed by atoms with Gasteiger partial charge in [0.15, 0.2) is 0 Å². The van der Waals surface area contributed by atoms with Crippen LogP contribution in [-0.2, 0) is 4.79 Å². The Labute approximate surface area is 112 Å². The van der Waals surface area contributed by atoms with Crippen molar-refractivity contribution in [2.24, 2.45) is 22.7 Å². The Morgan fingerprint density at radius 3 is 2.68 bits per heavy atom. The summed E-state index contributed by atoms with van der Waals surface area (Å²) in [6, 6.07) is 0. The second-order valence-corrected chi connectivity index (χ2v) is 7.34. The lowest BCUT2D eigenvalue weighted by Gasteiger charge is -2.60. The molecule has 1 amide bonds. The number of nitrogens with one attached hydrogen (secondary N) is 2. The number of nitrogens with zero attached hydrogens (tertiary/aromatic N) is 2. The number of carbonyl (C=O) groups excluding carboxylic acids is 1. The molecular formula is C14H20N4O. The molecular weight excluding hydrogens is 240 g/mol. The Morgan fingerprint density at radius 2 is 2.11 bits per heavy atom. The Bertz CT molecular complexity index is 496. The van der Waals surface area contributed by atoms with E-state index in [9.17, 15) is 4.79 Å². The van der Waals surface area contributed by atoms with E-state index in [2.05, 4.69) is 27.4 Å². The average molecular weight is 260 g/mol. The summed E-state index contributed by atoms with van der Waals surface area (Å²) >= 11 is 0. The number of aromatic nitrogens is 3. The summed E-state index contributed by atoms with van der Waals surface area (Å²) in [5, 5.41) is 9.43. The maximum absolute atomic E-state index is 12.7. The van der Waals surface area contributed by atoms with Crippen LogP contribution in [0, 0.1) is 22.7 Å². The molecule has 1 aromatic heterocycles. The molecule has 2 N–H and O–H groups in total. The van der Waals surface area contributed by atoms with Crippen LogP contribution in [-0.4, -0.2) is 21.1 Å². The number of carbonyl (C=O) groups is 1. The van der Waals surface area contributed by atoms with E-state index < -0.39 is 0 Å². The zero-order valence-corrected chi connectivity index (χ0v) is 11.3. The summed E-state index contributed by atoms with van der Waals surface area (Å²) in [7, 11) is 0. The van der Waals surface area contributed by atoms with Crippen molar-refractivity contribution in [2.45, 2.75) is 45.4 Å². The van der Waals surface area contributed by atoms with Gasteiger partial charge in [0.1, 0.15) is 6.33 Å². The van der Waals surface area contributed by atoms with Gasteiger partial charge in [0, 0.05) is 0 Å². The third-order valence-electron chi connectivity index (χ3n) is 5.48. The molecule has 102 valence electrons. The van der Waals surface area contributed by atoms with Gasteiger partial charge >= 0.3 is 0 Å². The number of rotatable bonds is 2. The first-order valence-electron chi connectivity index (χ1n) is 7.24. The monoisotopic (exact) mass is 260 g/mol. The van der Waals surface area contributed by atoms with Crippen LogP contribution >= 0.6 is 0 Å². The van der Waals surface area contributed by atoms with Gasteiger partial charge in [-0.15, -0.1) is 0 Å². The zero-order valence-electron chi connectivity index (χ0n) is 11.3. The molecule has 5 rings (SSSR count). The van der Waals surface area contributed by atoms with E-state index in [1.165, 1.54) is 25.6 Å². The van der Waals surface area contributed by atoms with Crippen LogP contribution in [0.15, 0.2) is 6.33 Å². The fourth-order valence-electron chi connectivity index (χ4n) is 5.49. The van der Waals surface area contributed by atoms with Gasteiger partial charge in [-0.2, -0.15) is 10.1 Å². The van der Waals surface area contributed by atoms with Crippen LogP contribution in [0.25, 0.3) is 0 Å². The van der Waals surface area contributed by atoms with Gasteiger partial charge < -0.3 is 0 Å². The molecule has 2 atom stereocenters. The summed E-state index contributed by atoms with van der Waals surface area (Å²) in [6.07, 6.45) is 8.59. The van der Waals surface area contributed by atoms with E-state index in [0.29, 0.717) is 11.4 Å². The van der Waals surface area contributed by atoms with Crippen molar-refractivity contribution in [3.05, 3.63) is 6.33 Å². The molecule has 4 aliphatic carbocycles. The molecule has 1 heterocycles. The molecule has 1 aromatic rings. The Hall–Kier alpha value is -1.39. The Balaban J connectivity index is 1.61. The van der Waals surface area contributed by atoms with Crippen molar-refractivity contribution in [3.63, 3.8) is 0 Å². The number of hydrogen-bond acceptors (Lipinski definition) is 3. The van der Waals surface area contributed by atoms with Gasteiger partial charge in [-0.3, -0.25) is 10.1 Å². The third kappa shape index (κ3) is 1.70. The molecule has 2 unspecified atom stereocenters. The largest absolute Gasteiger partial charge is 0.294 e. The van der Waals surface area contributed by atoms with E-state index in [1.807, 2.05) is 0 Å². The van der Waals surface area contributed by atoms with Crippen molar-refractivity contribution in [1.82, 2.24) is 15.2 Å². The highest BCUT2D eigenvalue weighted by atomic mass is 16.2. The number of hydrogen-bond donors (Lipinski definition) is 2. The smallest absolute Gasteiger partial charge is 0.232 e. The SMILES string of the molecule is CC12CC3CC(C1)CC(C(=O)Nc1ncn[nH]1)(C3)C2. The molecule has 0 radical (unpaired) electrons. The predicted octanol–water partition coefficient (Wildman–Crippen LogP) is 2.35. The molecule has 0 saturated heterocycles. The maximum Gasteiger partial charge on any atom is 0.232 e.